The predicted octanol–water partition coefficient (Wildman–Crippen LogP) is 3.97. The fourth-order valence-corrected chi connectivity index (χ4v) is 4.81. The van der Waals surface area contributed by atoms with E-state index in [1.54, 1.807) is 0 Å². The summed E-state index contributed by atoms with van der Waals surface area (Å²) in [5.41, 5.74) is 10.4. The largest absolute Gasteiger partial charge is 0.450 e. The van der Waals surface area contributed by atoms with Gasteiger partial charge in [0.1, 0.15) is 0 Å². The molecule has 2 N–H and O–H groups in total. The average Bonchev–Trinajstić information content (AvgIpc) is 2.95. The van der Waals surface area contributed by atoms with Gasteiger partial charge in [-0.05, 0) is 54.7 Å². The highest BCUT2D eigenvalue weighted by atomic mass is 16.6. The van der Waals surface area contributed by atoms with Crippen molar-refractivity contribution in [1.29, 1.82) is 0 Å². The van der Waals surface area contributed by atoms with Gasteiger partial charge < -0.3 is 10.5 Å². The number of fused-ring (bicyclic) bond motifs is 8. The Labute approximate surface area is 142 Å². The molecule has 124 valence electrons. The fraction of sp³-hybridized carbons (Fsp3) is 0.350. The first kappa shape index (κ1) is 15.1. The zero-order valence-corrected chi connectivity index (χ0v) is 14.3. The highest BCUT2D eigenvalue weighted by Gasteiger charge is 2.66. The zero-order valence-electron chi connectivity index (χ0n) is 14.3. The molecule has 1 amide bonds. The lowest BCUT2D eigenvalue weighted by Crippen LogP contribution is -2.48. The van der Waals surface area contributed by atoms with Crippen molar-refractivity contribution in [2.75, 3.05) is 12.3 Å². The van der Waals surface area contributed by atoms with Gasteiger partial charge in [0.05, 0.1) is 17.7 Å². The van der Waals surface area contributed by atoms with E-state index in [2.05, 4.69) is 32.0 Å². The van der Waals surface area contributed by atoms with E-state index in [1.165, 1.54) is 5.56 Å². The molecule has 0 fully saturated rings. The zero-order chi connectivity index (χ0) is 17.1. The number of carbonyl (C=O) groups is 1. The molecule has 0 radical (unpaired) electrons. The van der Waals surface area contributed by atoms with Crippen LogP contribution in [0.1, 0.15) is 49.4 Å². The molecular formula is C20H22N2O2. The molecule has 4 rings (SSSR count). The molecule has 2 unspecified atom stereocenters. The number of ether oxygens (including phenoxy) is 1. The summed E-state index contributed by atoms with van der Waals surface area (Å²) in [4.78, 5) is 14.9. The molecule has 0 saturated heterocycles. The topological polar surface area (TPSA) is 55.6 Å². The van der Waals surface area contributed by atoms with Crippen LogP contribution in [0, 0.1) is 0 Å². The van der Waals surface area contributed by atoms with E-state index >= 15 is 0 Å². The van der Waals surface area contributed by atoms with E-state index in [0.29, 0.717) is 6.61 Å². The number of hydrogen-bond donors (Lipinski definition) is 1. The second kappa shape index (κ2) is 4.76. The Morgan fingerprint density at radius 3 is 2.42 bits per heavy atom. The summed E-state index contributed by atoms with van der Waals surface area (Å²) < 4.78 is 5.45. The van der Waals surface area contributed by atoms with Crippen molar-refractivity contribution >= 4 is 11.8 Å². The second-order valence-corrected chi connectivity index (χ2v) is 6.67. The van der Waals surface area contributed by atoms with Crippen molar-refractivity contribution in [2.24, 2.45) is 0 Å². The lowest BCUT2D eigenvalue weighted by molar-refractivity contribution is 0.0462. The maximum atomic E-state index is 13.0. The normalized spacial score (nSPS) is 26.2. The van der Waals surface area contributed by atoms with Gasteiger partial charge in [0.2, 0.25) is 0 Å². The number of benzene rings is 2. The van der Waals surface area contributed by atoms with Gasteiger partial charge >= 0.3 is 6.09 Å². The number of nitrogens with two attached hydrogens (primary N) is 1. The number of amides is 1. The van der Waals surface area contributed by atoms with Gasteiger partial charge in [-0.1, -0.05) is 37.3 Å². The van der Waals surface area contributed by atoms with Crippen LogP contribution in [-0.2, 0) is 15.8 Å². The first-order valence-corrected chi connectivity index (χ1v) is 8.49. The summed E-state index contributed by atoms with van der Waals surface area (Å²) in [7, 11) is 0. The van der Waals surface area contributed by atoms with Gasteiger partial charge in [0, 0.05) is 5.69 Å². The van der Waals surface area contributed by atoms with E-state index in [0.717, 1.165) is 28.8 Å². The first-order chi connectivity index (χ1) is 11.5. The predicted molar refractivity (Wildman–Crippen MR) is 93.7 cm³/mol. The number of nitrogen functional groups attached to an aromatic ring is 1. The molecule has 0 spiro atoms. The monoisotopic (exact) mass is 322 g/mol. The molecular weight excluding hydrogens is 300 g/mol. The second-order valence-electron chi connectivity index (χ2n) is 6.67. The third-order valence-electron chi connectivity index (χ3n) is 5.70. The number of rotatable bonds is 2. The van der Waals surface area contributed by atoms with E-state index in [-0.39, 0.29) is 6.09 Å². The van der Waals surface area contributed by atoms with E-state index in [4.69, 9.17) is 10.5 Å². The van der Waals surface area contributed by atoms with Crippen LogP contribution in [0.25, 0.3) is 0 Å². The van der Waals surface area contributed by atoms with Crippen molar-refractivity contribution < 1.29 is 9.53 Å². The van der Waals surface area contributed by atoms with Crippen molar-refractivity contribution in [3.8, 4) is 0 Å². The number of anilines is 1. The van der Waals surface area contributed by atoms with Crippen LogP contribution in [0.15, 0.2) is 42.5 Å². The minimum absolute atomic E-state index is 0.271. The minimum Gasteiger partial charge on any atom is -0.450 e. The Kier molecular flexibility index (Phi) is 2.99. The molecule has 0 aliphatic carbocycles. The Hall–Kier alpha value is -2.49. The lowest BCUT2D eigenvalue weighted by atomic mass is 9.72. The molecule has 2 aliphatic rings. The summed E-state index contributed by atoms with van der Waals surface area (Å²) in [6, 6.07) is 14.3. The van der Waals surface area contributed by atoms with E-state index in [9.17, 15) is 4.79 Å². The van der Waals surface area contributed by atoms with Crippen LogP contribution in [0.4, 0.5) is 10.5 Å². The van der Waals surface area contributed by atoms with Crippen molar-refractivity contribution in [2.45, 2.75) is 38.3 Å². The molecule has 2 atom stereocenters. The maximum absolute atomic E-state index is 13.0. The molecule has 2 aromatic rings. The van der Waals surface area contributed by atoms with Gasteiger partial charge in [-0.3, -0.25) is 4.90 Å². The lowest BCUT2D eigenvalue weighted by Gasteiger charge is -2.37. The van der Waals surface area contributed by atoms with Gasteiger partial charge in [0.15, 0.2) is 0 Å². The fourth-order valence-electron chi connectivity index (χ4n) is 4.81. The van der Waals surface area contributed by atoms with E-state index < -0.39 is 11.1 Å². The molecule has 0 aromatic heterocycles. The van der Waals surface area contributed by atoms with Crippen LogP contribution in [0.2, 0.25) is 0 Å². The summed E-state index contributed by atoms with van der Waals surface area (Å²) in [6.45, 7) is 6.43. The molecule has 4 heteroatoms. The van der Waals surface area contributed by atoms with Gasteiger partial charge in [0.25, 0.3) is 0 Å². The molecule has 24 heavy (non-hydrogen) atoms. The van der Waals surface area contributed by atoms with Crippen LogP contribution in [0.3, 0.4) is 0 Å². The summed E-state index contributed by atoms with van der Waals surface area (Å²) in [5.74, 6) is 0. The first-order valence-electron chi connectivity index (χ1n) is 8.49. The Morgan fingerprint density at radius 1 is 1.08 bits per heavy atom. The molecule has 2 aromatic carbocycles. The minimum atomic E-state index is -0.552. The third-order valence-corrected chi connectivity index (χ3v) is 5.70. The summed E-state index contributed by atoms with van der Waals surface area (Å²) in [5, 5.41) is 0. The van der Waals surface area contributed by atoms with Crippen molar-refractivity contribution in [1.82, 2.24) is 4.90 Å². The van der Waals surface area contributed by atoms with E-state index in [1.807, 2.05) is 36.1 Å². The quantitative estimate of drug-likeness (QED) is 0.851. The van der Waals surface area contributed by atoms with Crippen LogP contribution >= 0.6 is 0 Å². The standard InChI is InChI=1S/C20H22N2O2/c1-4-20-15-9-7-6-8-14(15)19(3,22(20)18(23)24-5-2)17-12-13(21)10-11-16(17)20/h6-12H,4-5,21H2,1-3H3. The average molecular weight is 322 g/mol. The summed E-state index contributed by atoms with van der Waals surface area (Å²) >= 11 is 0. The molecule has 2 bridgehead atoms. The van der Waals surface area contributed by atoms with Gasteiger partial charge in [-0.2, -0.15) is 0 Å². The number of carbonyl (C=O) groups excluding carboxylic acids is 1. The Bertz CT molecular complexity index is 847. The SMILES string of the molecule is CCOC(=O)N1C2(C)c3ccccc3C1(CC)c1ccc(N)cc12. The van der Waals surface area contributed by atoms with Crippen LogP contribution < -0.4 is 5.73 Å². The van der Waals surface area contributed by atoms with Gasteiger partial charge in [-0.25, -0.2) is 4.79 Å². The smallest absolute Gasteiger partial charge is 0.411 e. The van der Waals surface area contributed by atoms with Crippen molar-refractivity contribution in [3.63, 3.8) is 0 Å². The van der Waals surface area contributed by atoms with Gasteiger partial charge in [-0.15, -0.1) is 0 Å². The molecule has 4 nitrogen and oxygen atoms in total. The highest BCUT2D eigenvalue weighted by molar-refractivity contribution is 5.81. The number of nitrogens with zero attached hydrogens (tertiary/aromatic N) is 1. The molecule has 0 saturated carbocycles. The Morgan fingerprint density at radius 2 is 1.75 bits per heavy atom. The van der Waals surface area contributed by atoms with Crippen LogP contribution in [-0.4, -0.2) is 17.6 Å². The third kappa shape index (κ3) is 1.47. The highest BCUT2D eigenvalue weighted by Crippen LogP contribution is 2.64. The Balaban J connectivity index is 2.08. The maximum Gasteiger partial charge on any atom is 0.411 e. The molecule has 2 aliphatic heterocycles. The van der Waals surface area contributed by atoms with Crippen LogP contribution in [0.5, 0.6) is 0 Å². The summed E-state index contributed by atoms with van der Waals surface area (Å²) in [6.07, 6.45) is 0.517. The van der Waals surface area contributed by atoms with Crippen molar-refractivity contribution in [3.05, 3.63) is 64.7 Å². The molecule has 2 heterocycles. The number of hydrogen-bond acceptors (Lipinski definition) is 3.